The molecule has 0 atom stereocenters. The number of thioether (sulfide) groups is 1. The minimum atomic E-state index is 0.426. The van der Waals surface area contributed by atoms with Crippen molar-refractivity contribution in [1.29, 1.82) is 5.26 Å². The van der Waals surface area contributed by atoms with Gasteiger partial charge in [0.15, 0.2) is 0 Å². The maximum atomic E-state index is 8.64. The maximum absolute atomic E-state index is 8.64. The van der Waals surface area contributed by atoms with E-state index in [0.717, 1.165) is 13.1 Å². The van der Waals surface area contributed by atoms with Gasteiger partial charge in [-0.05, 0) is 12.8 Å². The topological polar surface area (TPSA) is 27.0 Å². The highest BCUT2D eigenvalue weighted by atomic mass is 32.2. The van der Waals surface area contributed by atoms with Gasteiger partial charge >= 0.3 is 0 Å². The van der Waals surface area contributed by atoms with Crippen LogP contribution in [0.1, 0.15) is 26.7 Å². The Morgan fingerprint density at radius 1 is 1.46 bits per heavy atom. The Morgan fingerprint density at radius 3 is 2.69 bits per heavy atom. The third kappa shape index (κ3) is 2.62. The molecule has 1 fully saturated rings. The molecule has 1 heterocycles. The van der Waals surface area contributed by atoms with Gasteiger partial charge in [0.25, 0.3) is 0 Å². The molecule has 1 saturated heterocycles. The van der Waals surface area contributed by atoms with Crippen LogP contribution in [-0.2, 0) is 0 Å². The van der Waals surface area contributed by atoms with Crippen LogP contribution in [0.2, 0.25) is 0 Å². The van der Waals surface area contributed by atoms with Gasteiger partial charge in [0, 0.05) is 23.6 Å². The van der Waals surface area contributed by atoms with Gasteiger partial charge in [-0.15, -0.1) is 0 Å². The molecule has 1 rings (SSSR count). The van der Waals surface area contributed by atoms with Gasteiger partial charge in [0.1, 0.15) is 0 Å². The molecular weight excluding hydrogens is 180 g/mol. The Balaban J connectivity index is 2.54. The summed E-state index contributed by atoms with van der Waals surface area (Å²) in [7, 11) is 0. The van der Waals surface area contributed by atoms with E-state index in [9.17, 15) is 0 Å². The molecule has 1 aliphatic rings. The lowest BCUT2D eigenvalue weighted by atomic mass is 10.0. The highest BCUT2D eigenvalue weighted by Crippen LogP contribution is 2.36. The average Bonchev–Trinajstić information content (AvgIpc) is 2.19. The van der Waals surface area contributed by atoms with Gasteiger partial charge in [-0.1, -0.05) is 13.8 Å². The second kappa shape index (κ2) is 4.88. The van der Waals surface area contributed by atoms with Crippen LogP contribution in [0.4, 0.5) is 0 Å². The first-order valence-electron chi connectivity index (χ1n) is 4.99. The van der Waals surface area contributed by atoms with Crippen molar-refractivity contribution < 1.29 is 0 Å². The number of hydrogen-bond acceptors (Lipinski definition) is 3. The van der Waals surface area contributed by atoms with Gasteiger partial charge in [-0.2, -0.15) is 17.0 Å². The fourth-order valence-electron chi connectivity index (χ4n) is 1.84. The van der Waals surface area contributed by atoms with Gasteiger partial charge in [0.2, 0.25) is 0 Å². The van der Waals surface area contributed by atoms with Crippen molar-refractivity contribution in [2.24, 2.45) is 0 Å². The summed E-state index contributed by atoms with van der Waals surface area (Å²) in [6.07, 6.45) is 2.44. The monoisotopic (exact) mass is 198 g/mol. The zero-order valence-corrected chi connectivity index (χ0v) is 9.36. The molecular formula is C10H18N2S. The fourth-order valence-corrected chi connectivity index (χ4v) is 3.30. The molecule has 0 radical (unpaired) electrons. The number of rotatable bonds is 3. The zero-order chi connectivity index (χ0) is 9.73. The van der Waals surface area contributed by atoms with Crippen LogP contribution in [-0.4, -0.2) is 35.0 Å². The lowest BCUT2D eigenvalue weighted by Crippen LogP contribution is -2.45. The first-order chi connectivity index (χ1) is 6.26. The molecule has 1 aliphatic heterocycles. The second-order valence-corrected chi connectivity index (χ2v) is 5.17. The van der Waals surface area contributed by atoms with Crippen LogP contribution >= 0.6 is 11.8 Å². The van der Waals surface area contributed by atoms with Gasteiger partial charge in [-0.25, -0.2) is 0 Å². The maximum Gasteiger partial charge on any atom is 0.0866 e. The molecule has 2 nitrogen and oxygen atoms in total. The van der Waals surface area contributed by atoms with E-state index in [1.165, 1.54) is 18.6 Å². The van der Waals surface area contributed by atoms with Crippen molar-refractivity contribution in [3.05, 3.63) is 0 Å². The molecule has 0 spiro atoms. The summed E-state index contributed by atoms with van der Waals surface area (Å²) in [5.74, 6) is 1.18. The second-order valence-electron chi connectivity index (χ2n) is 3.61. The minimum Gasteiger partial charge on any atom is -0.288 e. The van der Waals surface area contributed by atoms with Crippen molar-refractivity contribution in [3.63, 3.8) is 0 Å². The summed E-state index contributed by atoms with van der Waals surface area (Å²) >= 11 is 2.09. The van der Waals surface area contributed by atoms with Crippen LogP contribution in [0.3, 0.4) is 0 Å². The summed E-state index contributed by atoms with van der Waals surface area (Å²) in [5, 5.41) is 8.64. The highest BCUT2D eigenvalue weighted by molar-refractivity contribution is 8.00. The molecule has 0 saturated carbocycles. The van der Waals surface area contributed by atoms with E-state index < -0.39 is 0 Å². The van der Waals surface area contributed by atoms with Crippen LogP contribution < -0.4 is 0 Å². The Morgan fingerprint density at radius 2 is 2.15 bits per heavy atom. The van der Waals surface area contributed by atoms with Crippen LogP contribution in [0.5, 0.6) is 0 Å². The smallest absolute Gasteiger partial charge is 0.0866 e. The van der Waals surface area contributed by atoms with Crippen molar-refractivity contribution in [3.8, 4) is 6.07 Å². The molecule has 0 aromatic rings. The van der Waals surface area contributed by atoms with E-state index >= 15 is 0 Å². The lowest BCUT2D eigenvalue weighted by Gasteiger charge is -2.40. The lowest BCUT2D eigenvalue weighted by molar-refractivity contribution is 0.266. The van der Waals surface area contributed by atoms with Crippen molar-refractivity contribution in [2.75, 3.05) is 25.4 Å². The Hall–Kier alpha value is -0.200. The molecule has 74 valence electrons. The average molecular weight is 198 g/mol. The Kier molecular flexibility index (Phi) is 4.08. The third-order valence-corrected chi connectivity index (χ3v) is 4.62. The molecule has 0 aromatic carbocycles. The van der Waals surface area contributed by atoms with Gasteiger partial charge < -0.3 is 0 Å². The van der Waals surface area contributed by atoms with Crippen molar-refractivity contribution >= 4 is 11.8 Å². The van der Waals surface area contributed by atoms with E-state index in [-0.39, 0.29) is 0 Å². The minimum absolute atomic E-state index is 0.426. The molecule has 0 N–H and O–H groups in total. The number of nitrogens with zero attached hydrogens (tertiary/aromatic N) is 2. The van der Waals surface area contributed by atoms with E-state index in [4.69, 9.17) is 5.26 Å². The third-order valence-electron chi connectivity index (χ3n) is 2.91. The summed E-state index contributed by atoms with van der Waals surface area (Å²) in [4.78, 5) is 2.28. The van der Waals surface area contributed by atoms with E-state index in [1.54, 1.807) is 0 Å². The standard InChI is InChI=1S/C10H18N2S/c1-3-10(4-2)9-12(6-5-11)7-8-13-10/h3-4,6-9H2,1-2H3. The van der Waals surface area contributed by atoms with E-state index in [0.29, 0.717) is 11.3 Å². The fraction of sp³-hybridized carbons (Fsp3) is 0.900. The summed E-state index contributed by atoms with van der Waals surface area (Å²) in [6.45, 7) is 7.29. The predicted octanol–water partition coefficient (Wildman–Crippen LogP) is 2.12. The Labute approximate surface area is 85.3 Å². The largest absolute Gasteiger partial charge is 0.288 e. The molecule has 0 bridgehead atoms. The SMILES string of the molecule is CCC1(CC)CN(CC#N)CCS1. The molecule has 0 aliphatic carbocycles. The molecule has 3 heteroatoms. The summed E-state index contributed by atoms with van der Waals surface area (Å²) in [6, 6.07) is 2.24. The quantitative estimate of drug-likeness (QED) is 0.650. The normalized spacial score (nSPS) is 22.5. The van der Waals surface area contributed by atoms with E-state index in [2.05, 4.69) is 36.6 Å². The van der Waals surface area contributed by atoms with Gasteiger partial charge in [0.05, 0.1) is 12.6 Å². The first-order valence-corrected chi connectivity index (χ1v) is 5.98. The van der Waals surface area contributed by atoms with Crippen LogP contribution in [0, 0.1) is 11.3 Å². The summed E-state index contributed by atoms with van der Waals surface area (Å²) in [5.41, 5.74) is 0. The zero-order valence-electron chi connectivity index (χ0n) is 8.55. The summed E-state index contributed by atoms with van der Waals surface area (Å²) < 4.78 is 0.426. The van der Waals surface area contributed by atoms with Crippen LogP contribution in [0.25, 0.3) is 0 Å². The van der Waals surface area contributed by atoms with Gasteiger partial charge in [-0.3, -0.25) is 4.90 Å². The van der Waals surface area contributed by atoms with Crippen molar-refractivity contribution in [1.82, 2.24) is 4.90 Å². The van der Waals surface area contributed by atoms with Crippen molar-refractivity contribution in [2.45, 2.75) is 31.4 Å². The van der Waals surface area contributed by atoms with Crippen LogP contribution in [0.15, 0.2) is 0 Å². The molecule has 13 heavy (non-hydrogen) atoms. The Bertz CT molecular complexity index is 194. The molecule has 0 aromatic heterocycles. The number of hydrogen-bond donors (Lipinski definition) is 0. The first kappa shape index (κ1) is 10.9. The molecule has 0 unspecified atom stereocenters. The number of nitriles is 1. The molecule has 0 amide bonds. The highest BCUT2D eigenvalue weighted by Gasteiger charge is 2.32. The predicted molar refractivity (Wildman–Crippen MR) is 57.8 cm³/mol. The van der Waals surface area contributed by atoms with E-state index in [1.807, 2.05) is 0 Å².